The lowest BCUT2D eigenvalue weighted by molar-refractivity contribution is 0.578. The van der Waals surface area contributed by atoms with E-state index in [0.29, 0.717) is 0 Å². The van der Waals surface area contributed by atoms with Crippen molar-refractivity contribution in [3.8, 4) is 6.07 Å². The Bertz CT molecular complexity index is 373. The fourth-order valence-electron chi connectivity index (χ4n) is 0.855. The van der Waals surface area contributed by atoms with Crippen LogP contribution in [-0.2, 0) is 0 Å². The van der Waals surface area contributed by atoms with Gasteiger partial charge in [-0.1, -0.05) is 17.7 Å². The summed E-state index contributed by atoms with van der Waals surface area (Å²) in [5.74, 6) is -1.56. The van der Waals surface area contributed by atoms with E-state index in [2.05, 4.69) is 0 Å². The summed E-state index contributed by atoms with van der Waals surface area (Å²) in [4.78, 5) is 0. The maximum Gasteiger partial charge on any atom is 0.134 e. The minimum Gasteiger partial charge on any atom is -0.206 e. The van der Waals surface area contributed by atoms with Gasteiger partial charge in [-0.05, 0) is 12.1 Å². The van der Waals surface area contributed by atoms with E-state index in [-0.39, 0.29) is 10.6 Å². The number of nitrogens with zero attached hydrogens (tertiary/aromatic N) is 1. The van der Waals surface area contributed by atoms with E-state index in [4.69, 9.17) is 16.9 Å². The van der Waals surface area contributed by atoms with Crippen molar-refractivity contribution in [1.29, 1.82) is 5.26 Å². The molecule has 0 radical (unpaired) electrons. The third-order valence-corrected chi connectivity index (χ3v) is 1.69. The smallest absolute Gasteiger partial charge is 0.134 e. The predicted octanol–water partition coefficient (Wildman–Crippen LogP) is 3.07. The Kier molecular flexibility index (Phi) is 2.99. The number of halogens is 3. The lowest BCUT2D eigenvalue weighted by Crippen LogP contribution is -1.90. The van der Waals surface area contributed by atoms with Gasteiger partial charge in [0.25, 0.3) is 0 Å². The Balaban J connectivity index is 3.30. The second kappa shape index (κ2) is 4.01. The summed E-state index contributed by atoms with van der Waals surface area (Å²) < 4.78 is 25.9. The van der Waals surface area contributed by atoms with E-state index in [1.54, 1.807) is 6.07 Å². The molecule has 0 aliphatic carbocycles. The maximum atomic E-state index is 12.9. The van der Waals surface area contributed by atoms with Gasteiger partial charge in [-0.3, -0.25) is 0 Å². The molecule has 0 atom stereocenters. The second-order valence-electron chi connectivity index (χ2n) is 2.22. The molecule has 0 fully saturated rings. The molecule has 1 rings (SSSR count). The highest BCUT2D eigenvalue weighted by Gasteiger charge is 2.10. The average molecular weight is 200 g/mol. The average Bonchev–Trinajstić information content (AvgIpc) is 2.04. The van der Waals surface area contributed by atoms with Crippen molar-refractivity contribution in [2.45, 2.75) is 0 Å². The molecule has 0 unspecified atom stereocenters. The van der Waals surface area contributed by atoms with Crippen LogP contribution in [0, 0.1) is 23.0 Å². The number of hydrogen-bond acceptors (Lipinski definition) is 1. The SMILES string of the molecule is N#C/C=C(\Cl)c1c(F)cccc1F. The molecular formula is C9H4ClF2N. The standard InChI is InChI=1S/C9H4ClF2N/c10-6(4-5-13)9-7(11)2-1-3-8(9)12/h1-4H/b6-4-. The van der Waals surface area contributed by atoms with Crippen LogP contribution >= 0.6 is 11.6 Å². The molecule has 0 heterocycles. The Hall–Kier alpha value is -1.40. The zero-order chi connectivity index (χ0) is 9.84. The normalized spacial score (nSPS) is 11.1. The van der Waals surface area contributed by atoms with Crippen molar-refractivity contribution in [1.82, 2.24) is 0 Å². The third-order valence-electron chi connectivity index (χ3n) is 1.39. The number of rotatable bonds is 1. The zero-order valence-electron chi connectivity index (χ0n) is 6.39. The minimum absolute atomic E-state index is 0.238. The van der Waals surface area contributed by atoms with Gasteiger partial charge in [0, 0.05) is 6.08 Å². The molecule has 0 spiro atoms. The van der Waals surface area contributed by atoms with Crippen LogP contribution in [0.2, 0.25) is 0 Å². The van der Waals surface area contributed by atoms with Crippen molar-refractivity contribution in [2.24, 2.45) is 0 Å². The lowest BCUT2D eigenvalue weighted by Gasteiger charge is -2.00. The van der Waals surface area contributed by atoms with E-state index in [1.807, 2.05) is 0 Å². The van der Waals surface area contributed by atoms with Crippen molar-refractivity contribution >= 4 is 16.6 Å². The van der Waals surface area contributed by atoms with Crippen LogP contribution in [0.4, 0.5) is 8.78 Å². The van der Waals surface area contributed by atoms with Crippen LogP contribution in [0.3, 0.4) is 0 Å². The third kappa shape index (κ3) is 2.04. The van der Waals surface area contributed by atoms with Gasteiger partial charge in [-0.25, -0.2) is 8.78 Å². The van der Waals surface area contributed by atoms with Gasteiger partial charge >= 0.3 is 0 Å². The molecule has 0 bridgehead atoms. The van der Waals surface area contributed by atoms with Gasteiger partial charge in [0.2, 0.25) is 0 Å². The van der Waals surface area contributed by atoms with Crippen LogP contribution in [0.5, 0.6) is 0 Å². The predicted molar refractivity (Wildman–Crippen MR) is 45.8 cm³/mol. The fourth-order valence-corrected chi connectivity index (χ4v) is 1.08. The molecular weight excluding hydrogens is 196 g/mol. The largest absolute Gasteiger partial charge is 0.206 e. The quantitative estimate of drug-likeness (QED) is 0.638. The summed E-state index contributed by atoms with van der Waals surface area (Å²) in [6.45, 7) is 0. The maximum absolute atomic E-state index is 12.9. The monoisotopic (exact) mass is 199 g/mol. The van der Waals surface area contributed by atoms with Gasteiger partial charge in [-0.2, -0.15) is 5.26 Å². The van der Waals surface area contributed by atoms with Gasteiger partial charge in [0.05, 0.1) is 16.7 Å². The van der Waals surface area contributed by atoms with Gasteiger partial charge in [0.15, 0.2) is 0 Å². The van der Waals surface area contributed by atoms with Gasteiger partial charge in [0.1, 0.15) is 11.6 Å². The van der Waals surface area contributed by atoms with Crippen LogP contribution in [0.1, 0.15) is 5.56 Å². The highest BCUT2D eigenvalue weighted by Crippen LogP contribution is 2.24. The molecule has 1 aromatic carbocycles. The molecule has 13 heavy (non-hydrogen) atoms. The van der Waals surface area contributed by atoms with E-state index in [9.17, 15) is 8.78 Å². The number of allylic oxidation sites excluding steroid dienone is 1. The number of nitriles is 1. The summed E-state index contributed by atoms with van der Waals surface area (Å²) in [5, 5.41) is 7.99. The van der Waals surface area contributed by atoms with E-state index in [0.717, 1.165) is 18.2 Å². The van der Waals surface area contributed by atoms with Crippen molar-refractivity contribution < 1.29 is 8.78 Å². The minimum atomic E-state index is -0.781. The molecule has 0 saturated heterocycles. The topological polar surface area (TPSA) is 23.8 Å². The Morgan fingerprint density at radius 1 is 1.38 bits per heavy atom. The highest BCUT2D eigenvalue weighted by molar-refractivity contribution is 6.49. The number of hydrogen-bond donors (Lipinski definition) is 0. The summed E-state index contributed by atoms with van der Waals surface area (Å²) in [6.07, 6.45) is 0.878. The molecule has 0 aromatic heterocycles. The molecule has 0 aliphatic heterocycles. The van der Waals surface area contributed by atoms with E-state index >= 15 is 0 Å². The van der Waals surface area contributed by atoms with Crippen LogP contribution in [-0.4, -0.2) is 0 Å². The highest BCUT2D eigenvalue weighted by atomic mass is 35.5. The van der Waals surface area contributed by atoms with Gasteiger partial charge in [-0.15, -0.1) is 0 Å². The first-order valence-corrected chi connectivity index (χ1v) is 3.74. The second-order valence-corrected chi connectivity index (χ2v) is 2.63. The first kappa shape index (κ1) is 9.69. The van der Waals surface area contributed by atoms with Crippen LogP contribution in [0.15, 0.2) is 24.3 Å². The van der Waals surface area contributed by atoms with Crippen molar-refractivity contribution in [3.05, 3.63) is 41.5 Å². The van der Waals surface area contributed by atoms with Crippen LogP contribution in [0.25, 0.3) is 5.03 Å². The molecule has 0 saturated carbocycles. The van der Waals surface area contributed by atoms with E-state index < -0.39 is 11.6 Å². The Morgan fingerprint density at radius 3 is 2.38 bits per heavy atom. The molecule has 0 amide bonds. The first-order chi connectivity index (χ1) is 6.16. The lowest BCUT2D eigenvalue weighted by atomic mass is 10.2. The van der Waals surface area contributed by atoms with Gasteiger partial charge < -0.3 is 0 Å². The molecule has 66 valence electrons. The Labute approximate surface area is 78.9 Å². The van der Waals surface area contributed by atoms with Crippen LogP contribution < -0.4 is 0 Å². The molecule has 1 nitrogen and oxygen atoms in total. The first-order valence-electron chi connectivity index (χ1n) is 3.36. The Morgan fingerprint density at radius 2 is 1.92 bits per heavy atom. The fraction of sp³-hybridized carbons (Fsp3) is 0. The zero-order valence-corrected chi connectivity index (χ0v) is 7.15. The molecule has 0 N–H and O–H groups in total. The summed E-state index contributed by atoms with van der Waals surface area (Å²) in [5.41, 5.74) is -0.370. The summed E-state index contributed by atoms with van der Waals surface area (Å²) in [6, 6.07) is 4.97. The number of benzene rings is 1. The summed E-state index contributed by atoms with van der Waals surface area (Å²) >= 11 is 5.48. The van der Waals surface area contributed by atoms with E-state index in [1.165, 1.54) is 6.07 Å². The van der Waals surface area contributed by atoms with Crippen molar-refractivity contribution in [3.63, 3.8) is 0 Å². The summed E-state index contributed by atoms with van der Waals surface area (Å²) in [7, 11) is 0. The molecule has 4 heteroatoms. The molecule has 0 aliphatic rings. The van der Waals surface area contributed by atoms with Crippen molar-refractivity contribution in [2.75, 3.05) is 0 Å². The molecule has 1 aromatic rings.